The Morgan fingerprint density at radius 3 is 2.81 bits per heavy atom. The summed E-state index contributed by atoms with van der Waals surface area (Å²) in [5, 5.41) is 9.05. The van der Waals surface area contributed by atoms with Crippen molar-refractivity contribution in [3.05, 3.63) is 29.6 Å². The number of nitrogens with zero attached hydrogens (tertiary/aromatic N) is 4. The van der Waals surface area contributed by atoms with Crippen LogP contribution in [0.1, 0.15) is 31.7 Å². The lowest BCUT2D eigenvalue weighted by Crippen LogP contribution is -2.28. The predicted molar refractivity (Wildman–Crippen MR) is 86.4 cm³/mol. The van der Waals surface area contributed by atoms with Crippen molar-refractivity contribution in [2.45, 2.75) is 38.7 Å². The van der Waals surface area contributed by atoms with E-state index in [1.54, 1.807) is 6.07 Å². The van der Waals surface area contributed by atoms with Crippen molar-refractivity contribution in [3.8, 4) is 6.07 Å². The van der Waals surface area contributed by atoms with Crippen LogP contribution in [0.4, 0.5) is 0 Å². The Morgan fingerprint density at radius 1 is 1.43 bits per heavy atom. The zero-order valence-electron chi connectivity index (χ0n) is 12.8. The topological polar surface area (TPSA) is 44.9 Å². The second-order valence-corrected chi connectivity index (χ2v) is 5.82. The molecule has 0 saturated heterocycles. The molecule has 1 aromatic carbocycles. The first-order valence-corrected chi connectivity index (χ1v) is 7.75. The molecule has 0 amide bonds. The minimum atomic E-state index is 0.386. The molecule has 0 spiro atoms. The molecule has 5 heteroatoms. The third-order valence-corrected chi connectivity index (χ3v) is 4.09. The Balaban J connectivity index is 2.22. The minimum Gasteiger partial charge on any atom is -0.327 e. The van der Waals surface area contributed by atoms with Gasteiger partial charge in [0.1, 0.15) is 5.82 Å². The van der Waals surface area contributed by atoms with Gasteiger partial charge in [-0.15, -0.1) is 11.6 Å². The first kappa shape index (κ1) is 15.8. The summed E-state index contributed by atoms with van der Waals surface area (Å²) in [6.45, 7) is 6.27. The highest BCUT2D eigenvalue weighted by atomic mass is 35.5. The number of nitriles is 1. The molecule has 1 heterocycles. The van der Waals surface area contributed by atoms with Crippen molar-refractivity contribution in [3.63, 3.8) is 0 Å². The Morgan fingerprint density at radius 2 is 2.19 bits per heavy atom. The number of hydrogen-bond acceptors (Lipinski definition) is 3. The first-order chi connectivity index (χ1) is 10.1. The van der Waals surface area contributed by atoms with Crippen molar-refractivity contribution in [2.24, 2.45) is 0 Å². The van der Waals surface area contributed by atoms with Crippen LogP contribution in [0.5, 0.6) is 0 Å². The lowest BCUT2D eigenvalue weighted by Gasteiger charge is -2.21. The molecule has 0 radical (unpaired) electrons. The predicted octanol–water partition coefficient (Wildman–Crippen LogP) is 3.38. The standard InChI is InChI=1S/C16H21ClN4/c1-12(2)20(3)7-4-8-21-15-9-13(11-18)5-6-14(15)19-16(21)10-17/h5-6,9,12H,4,7-8,10H2,1-3H3. The Labute approximate surface area is 130 Å². The Hall–Kier alpha value is -1.57. The summed E-state index contributed by atoms with van der Waals surface area (Å²) in [5.41, 5.74) is 2.56. The Kier molecular flexibility index (Phi) is 5.22. The molecule has 0 aliphatic rings. The van der Waals surface area contributed by atoms with E-state index >= 15 is 0 Å². The molecular formula is C16H21ClN4. The molecule has 0 atom stereocenters. The van der Waals surface area contributed by atoms with Gasteiger partial charge in [-0.05, 0) is 52.1 Å². The summed E-state index contributed by atoms with van der Waals surface area (Å²) < 4.78 is 2.14. The number of imidazole rings is 1. The molecule has 0 unspecified atom stereocenters. The number of hydrogen-bond donors (Lipinski definition) is 0. The second kappa shape index (κ2) is 6.93. The fourth-order valence-electron chi connectivity index (χ4n) is 2.33. The van der Waals surface area contributed by atoms with Gasteiger partial charge in [0.2, 0.25) is 0 Å². The number of benzene rings is 1. The van der Waals surface area contributed by atoms with E-state index in [2.05, 4.69) is 41.4 Å². The summed E-state index contributed by atoms with van der Waals surface area (Å²) in [6, 6.07) is 8.30. The molecule has 0 aliphatic heterocycles. The molecule has 2 aromatic rings. The lowest BCUT2D eigenvalue weighted by molar-refractivity contribution is 0.265. The van der Waals surface area contributed by atoms with Crippen LogP contribution in [0.25, 0.3) is 11.0 Å². The van der Waals surface area contributed by atoms with Gasteiger partial charge in [0.25, 0.3) is 0 Å². The summed E-state index contributed by atoms with van der Waals surface area (Å²) >= 11 is 6.01. The monoisotopic (exact) mass is 304 g/mol. The van der Waals surface area contributed by atoms with Crippen LogP contribution in [0.3, 0.4) is 0 Å². The van der Waals surface area contributed by atoms with E-state index in [-0.39, 0.29) is 0 Å². The molecule has 0 saturated carbocycles. The Bertz CT molecular complexity index is 654. The molecule has 0 aliphatic carbocycles. The van der Waals surface area contributed by atoms with Crippen molar-refractivity contribution >= 4 is 22.6 Å². The summed E-state index contributed by atoms with van der Waals surface area (Å²) in [4.78, 5) is 6.87. The molecule has 2 rings (SSSR count). The third-order valence-electron chi connectivity index (χ3n) is 3.85. The van der Waals surface area contributed by atoms with Crippen LogP contribution in [-0.2, 0) is 12.4 Å². The number of aryl methyl sites for hydroxylation is 1. The van der Waals surface area contributed by atoms with E-state index in [1.807, 2.05) is 12.1 Å². The molecule has 0 N–H and O–H groups in total. The van der Waals surface area contributed by atoms with Crippen molar-refractivity contribution < 1.29 is 0 Å². The highest BCUT2D eigenvalue weighted by molar-refractivity contribution is 6.16. The van der Waals surface area contributed by atoms with Crippen LogP contribution >= 0.6 is 11.6 Å². The lowest BCUT2D eigenvalue weighted by atomic mass is 10.2. The fourth-order valence-corrected chi connectivity index (χ4v) is 2.53. The molecule has 0 bridgehead atoms. The first-order valence-electron chi connectivity index (χ1n) is 7.22. The van der Waals surface area contributed by atoms with Gasteiger partial charge in [-0.3, -0.25) is 0 Å². The molecule has 112 valence electrons. The average Bonchev–Trinajstić information content (AvgIpc) is 2.84. The zero-order chi connectivity index (χ0) is 15.4. The van der Waals surface area contributed by atoms with Gasteiger partial charge in [0, 0.05) is 12.6 Å². The summed E-state index contributed by atoms with van der Waals surface area (Å²) in [7, 11) is 2.13. The molecule has 4 nitrogen and oxygen atoms in total. The number of aromatic nitrogens is 2. The number of halogens is 1. The number of rotatable bonds is 6. The van der Waals surface area contributed by atoms with Crippen molar-refractivity contribution in [1.29, 1.82) is 5.26 Å². The van der Waals surface area contributed by atoms with Gasteiger partial charge in [-0.2, -0.15) is 5.26 Å². The van der Waals surface area contributed by atoms with Crippen LogP contribution in [0.2, 0.25) is 0 Å². The van der Waals surface area contributed by atoms with E-state index in [0.717, 1.165) is 36.4 Å². The second-order valence-electron chi connectivity index (χ2n) is 5.56. The van der Waals surface area contributed by atoms with Gasteiger partial charge in [0.05, 0.1) is 28.5 Å². The van der Waals surface area contributed by atoms with Crippen LogP contribution in [0.15, 0.2) is 18.2 Å². The number of fused-ring (bicyclic) bond motifs is 1. The SMILES string of the molecule is CC(C)N(C)CCCn1c(CCl)nc2ccc(C#N)cc21. The van der Waals surface area contributed by atoms with Gasteiger partial charge in [-0.25, -0.2) is 4.98 Å². The minimum absolute atomic E-state index is 0.386. The molecular weight excluding hydrogens is 284 g/mol. The average molecular weight is 305 g/mol. The van der Waals surface area contributed by atoms with E-state index < -0.39 is 0 Å². The van der Waals surface area contributed by atoms with Gasteiger partial charge in [-0.1, -0.05) is 0 Å². The van der Waals surface area contributed by atoms with E-state index in [9.17, 15) is 0 Å². The van der Waals surface area contributed by atoms with E-state index in [1.165, 1.54) is 0 Å². The maximum Gasteiger partial charge on any atom is 0.124 e. The van der Waals surface area contributed by atoms with Crippen molar-refractivity contribution in [2.75, 3.05) is 13.6 Å². The highest BCUT2D eigenvalue weighted by Crippen LogP contribution is 2.19. The van der Waals surface area contributed by atoms with Gasteiger partial charge >= 0.3 is 0 Å². The summed E-state index contributed by atoms with van der Waals surface area (Å²) in [6.07, 6.45) is 1.03. The van der Waals surface area contributed by atoms with Crippen LogP contribution in [-0.4, -0.2) is 34.1 Å². The van der Waals surface area contributed by atoms with Crippen LogP contribution < -0.4 is 0 Å². The molecule has 1 aromatic heterocycles. The smallest absolute Gasteiger partial charge is 0.124 e. The maximum absolute atomic E-state index is 9.05. The largest absolute Gasteiger partial charge is 0.327 e. The van der Waals surface area contributed by atoms with Gasteiger partial charge in [0.15, 0.2) is 0 Å². The molecule has 0 fully saturated rings. The zero-order valence-corrected chi connectivity index (χ0v) is 13.6. The fraction of sp³-hybridized carbons (Fsp3) is 0.500. The van der Waals surface area contributed by atoms with Crippen LogP contribution in [0, 0.1) is 11.3 Å². The van der Waals surface area contributed by atoms with Gasteiger partial charge < -0.3 is 9.47 Å². The maximum atomic E-state index is 9.05. The number of alkyl halides is 1. The molecule has 21 heavy (non-hydrogen) atoms. The third kappa shape index (κ3) is 3.55. The summed E-state index contributed by atoms with van der Waals surface area (Å²) in [5.74, 6) is 1.25. The quantitative estimate of drug-likeness (QED) is 0.769. The van der Waals surface area contributed by atoms with E-state index in [0.29, 0.717) is 17.5 Å². The van der Waals surface area contributed by atoms with Crippen molar-refractivity contribution in [1.82, 2.24) is 14.5 Å². The van der Waals surface area contributed by atoms with E-state index in [4.69, 9.17) is 16.9 Å². The normalized spacial score (nSPS) is 11.5. The highest BCUT2D eigenvalue weighted by Gasteiger charge is 2.11.